The number of aromatic nitrogens is 5. The van der Waals surface area contributed by atoms with Crippen molar-refractivity contribution in [2.45, 2.75) is 26.9 Å². The predicted molar refractivity (Wildman–Crippen MR) is 96.6 cm³/mol. The van der Waals surface area contributed by atoms with Gasteiger partial charge in [-0.1, -0.05) is 17.7 Å². The molecule has 0 saturated carbocycles. The van der Waals surface area contributed by atoms with Crippen LogP contribution in [0.4, 0.5) is 0 Å². The molecule has 4 rings (SSSR count). The number of hydrogen-bond donors (Lipinski definition) is 1. The highest BCUT2D eigenvalue weighted by molar-refractivity contribution is 6.33. The van der Waals surface area contributed by atoms with E-state index in [-0.39, 0.29) is 0 Å². The summed E-state index contributed by atoms with van der Waals surface area (Å²) in [6.07, 6.45) is -0.601. The Bertz CT molecular complexity index is 1120. The molecule has 7 heteroatoms. The third-order valence-corrected chi connectivity index (χ3v) is 4.52. The van der Waals surface area contributed by atoms with Gasteiger partial charge in [-0.05, 0) is 50.6 Å². The van der Waals surface area contributed by atoms with Crippen molar-refractivity contribution in [3.05, 3.63) is 52.3 Å². The zero-order chi connectivity index (χ0) is 17.7. The number of nitrogens with zero attached hydrogens (tertiary/aromatic N) is 5. The van der Waals surface area contributed by atoms with Crippen molar-refractivity contribution >= 4 is 28.4 Å². The van der Waals surface area contributed by atoms with Gasteiger partial charge in [-0.3, -0.25) is 4.40 Å². The van der Waals surface area contributed by atoms with Gasteiger partial charge >= 0.3 is 0 Å². The molecule has 4 aromatic rings. The van der Waals surface area contributed by atoms with Gasteiger partial charge in [0.2, 0.25) is 0 Å². The summed E-state index contributed by atoms with van der Waals surface area (Å²) < 4.78 is 1.87. The number of aryl methyl sites for hydroxylation is 2. The van der Waals surface area contributed by atoms with Crippen molar-refractivity contribution in [2.75, 3.05) is 0 Å². The molecule has 0 fully saturated rings. The van der Waals surface area contributed by atoms with E-state index >= 15 is 0 Å². The van der Waals surface area contributed by atoms with Gasteiger partial charge in [0.1, 0.15) is 5.52 Å². The molecule has 3 heterocycles. The minimum absolute atomic E-state index is 0.536. The van der Waals surface area contributed by atoms with Gasteiger partial charge < -0.3 is 5.11 Å². The van der Waals surface area contributed by atoms with Crippen LogP contribution in [0.1, 0.15) is 30.0 Å². The van der Waals surface area contributed by atoms with Gasteiger partial charge in [0.25, 0.3) is 0 Å². The van der Waals surface area contributed by atoms with Crippen molar-refractivity contribution in [3.8, 4) is 11.4 Å². The van der Waals surface area contributed by atoms with Crippen molar-refractivity contribution < 1.29 is 5.11 Å². The molecule has 1 aromatic carbocycles. The first kappa shape index (κ1) is 15.9. The number of benzene rings is 1. The fourth-order valence-corrected chi connectivity index (χ4v) is 3.09. The lowest BCUT2D eigenvalue weighted by Gasteiger charge is -2.10. The maximum atomic E-state index is 9.89. The van der Waals surface area contributed by atoms with E-state index in [0.29, 0.717) is 27.7 Å². The minimum atomic E-state index is -0.601. The standard InChI is InChI=1S/C18H16ClN5O/c1-9-4-7-15-18(20-9)24-16(10(2)21-15)22-23-17(24)13-8-12(11(3)25)5-6-14(13)19/h4-8,11,25H,1-3H3. The van der Waals surface area contributed by atoms with Crippen LogP contribution in [0.25, 0.3) is 28.2 Å². The zero-order valence-electron chi connectivity index (χ0n) is 14.0. The van der Waals surface area contributed by atoms with E-state index in [0.717, 1.165) is 22.5 Å². The molecule has 1 atom stereocenters. The summed E-state index contributed by atoms with van der Waals surface area (Å²) in [5.74, 6) is 0.580. The molecule has 6 nitrogen and oxygen atoms in total. The largest absolute Gasteiger partial charge is 0.389 e. The summed E-state index contributed by atoms with van der Waals surface area (Å²) in [6, 6.07) is 9.25. The van der Waals surface area contributed by atoms with Crippen LogP contribution in [0.5, 0.6) is 0 Å². The summed E-state index contributed by atoms with van der Waals surface area (Å²) in [6.45, 7) is 5.53. The summed E-state index contributed by atoms with van der Waals surface area (Å²) in [4.78, 5) is 9.18. The highest BCUT2D eigenvalue weighted by atomic mass is 35.5. The van der Waals surface area contributed by atoms with E-state index in [2.05, 4.69) is 20.2 Å². The van der Waals surface area contributed by atoms with E-state index in [4.69, 9.17) is 11.6 Å². The quantitative estimate of drug-likeness (QED) is 0.595. The Morgan fingerprint density at radius 3 is 2.60 bits per heavy atom. The fourth-order valence-electron chi connectivity index (χ4n) is 2.89. The number of aliphatic hydroxyl groups is 1. The first-order valence-electron chi connectivity index (χ1n) is 7.92. The Balaban J connectivity index is 2.12. The molecule has 0 aliphatic carbocycles. The monoisotopic (exact) mass is 353 g/mol. The highest BCUT2D eigenvalue weighted by Gasteiger charge is 2.18. The first-order chi connectivity index (χ1) is 12.0. The molecule has 1 N–H and O–H groups in total. The smallest absolute Gasteiger partial charge is 0.184 e. The molecule has 0 aliphatic rings. The van der Waals surface area contributed by atoms with Gasteiger partial charge in [0, 0.05) is 11.3 Å². The average Bonchev–Trinajstić information content (AvgIpc) is 3.01. The Labute approximate surface area is 149 Å². The molecule has 126 valence electrons. The van der Waals surface area contributed by atoms with Crippen LogP contribution in [-0.2, 0) is 0 Å². The molecule has 1 unspecified atom stereocenters. The average molecular weight is 354 g/mol. The maximum absolute atomic E-state index is 9.89. The van der Waals surface area contributed by atoms with Gasteiger partial charge in [-0.2, -0.15) is 0 Å². The molecule has 25 heavy (non-hydrogen) atoms. The Morgan fingerprint density at radius 2 is 1.84 bits per heavy atom. The highest BCUT2D eigenvalue weighted by Crippen LogP contribution is 2.31. The van der Waals surface area contributed by atoms with Crippen molar-refractivity contribution in [1.29, 1.82) is 0 Å². The number of rotatable bonds is 2. The zero-order valence-corrected chi connectivity index (χ0v) is 14.8. The van der Waals surface area contributed by atoms with E-state index in [1.807, 2.05) is 36.4 Å². The molecule has 3 aromatic heterocycles. The van der Waals surface area contributed by atoms with Crippen molar-refractivity contribution in [3.63, 3.8) is 0 Å². The molecule has 0 amide bonds. The van der Waals surface area contributed by atoms with Crippen LogP contribution >= 0.6 is 11.6 Å². The summed E-state index contributed by atoms with van der Waals surface area (Å²) in [7, 11) is 0. The second-order valence-corrected chi connectivity index (χ2v) is 6.50. The molecule has 0 bridgehead atoms. The number of hydrogen-bond acceptors (Lipinski definition) is 5. The van der Waals surface area contributed by atoms with Crippen LogP contribution in [0.3, 0.4) is 0 Å². The number of fused-ring (bicyclic) bond motifs is 3. The summed E-state index contributed by atoms with van der Waals surface area (Å²) in [5.41, 5.74) is 5.18. The molecule has 0 radical (unpaired) electrons. The molecule has 0 aliphatic heterocycles. The van der Waals surface area contributed by atoms with Gasteiger partial charge in [0.15, 0.2) is 17.1 Å². The van der Waals surface area contributed by atoms with Crippen LogP contribution in [0.2, 0.25) is 5.02 Å². The van der Waals surface area contributed by atoms with Crippen LogP contribution in [-0.4, -0.2) is 29.7 Å². The van der Waals surface area contributed by atoms with E-state index in [1.165, 1.54) is 0 Å². The second kappa shape index (κ2) is 5.75. The predicted octanol–water partition coefficient (Wildman–Crippen LogP) is 3.66. The lowest BCUT2D eigenvalue weighted by molar-refractivity contribution is 0.199. The second-order valence-electron chi connectivity index (χ2n) is 6.09. The topological polar surface area (TPSA) is 76.2 Å². The molecular weight excluding hydrogens is 338 g/mol. The summed E-state index contributed by atoms with van der Waals surface area (Å²) in [5, 5.41) is 19.0. The Hall–Kier alpha value is -2.57. The third-order valence-electron chi connectivity index (χ3n) is 4.19. The van der Waals surface area contributed by atoms with E-state index < -0.39 is 6.10 Å². The van der Waals surface area contributed by atoms with Gasteiger partial charge in [-0.15, -0.1) is 10.2 Å². The Morgan fingerprint density at radius 1 is 1.04 bits per heavy atom. The van der Waals surface area contributed by atoms with Gasteiger partial charge in [0.05, 0.1) is 16.8 Å². The SMILES string of the molecule is Cc1ccc2nc(C)c3nnc(-c4cc(C(C)O)ccc4Cl)n3c2n1. The number of pyridine rings is 1. The van der Waals surface area contributed by atoms with E-state index in [1.54, 1.807) is 19.1 Å². The number of aliphatic hydroxyl groups excluding tert-OH is 1. The molecule has 0 saturated heterocycles. The normalized spacial score (nSPS) is 12.8. The first-order valence-corrected chi connectivity index (χ1v) is 8.30. The lowest BCUT2D eigenvalue weighted by Crippen LogP contribution is -2.01. The number of halogens is 1. The van der Waals surface area contributed by atoms with Crippen molar-refractivity contribution in [1.82, 2.24) is 24.6 Å². The van der Waals surface area contributed by atoms with Crippen LogP contribution in [0.15, 0.2) is 30.3 Å². The minimum Gasteiger partial charge on any atom is -0.389 e. The lowest BCUT2D eigenvalue weighted by atomic mass is 10.1. The molecular formula is C18H16ClN5O. The molecule has 0 spiro atoms. The van der Waals surface area contributed by atoms with Gasteiger partial charge in [-0.25, -0.2) is 9.97 Å². The maximum Gasteiger partial charge on any atom is 0.184 e. The summed E-state index contributed by atoms with van der Waals surface area (Å²) >= 11 is 6.42. The Kier molecular flexibility index (Phi) is 3.67. The third kappa shape index (κ3) is 2.54. The van der Waals surface area contributed by atoms with Crippen LogP contribution in [0, 0.1) is 13.8 Å². The van der Waals surface area contributed by atoms with E-state index in [9.17, 15) is 5.11 Å². The fraction of sp³-hybridized carbons (Fsp3) is 0.222. The van der Waals surface area contributed by atoms with Crippen LogP contribution < -0.4 is 0 Å². The van der Waals surface area contributed by atoms with Crippen molar-refractivity contribution in [2.24, 2.45) is 0 Å².